The first kappa shape index (κ1) is 45.6. The van der Waals surface area contributed by atoms with Gasteiger partial charge >= 0.3 is 0 Å². The van der Waals surface area contributed by atoms with Gasteiger partial charge in [0.1, 0.15) is 17.5 Å². The second-order valence-corrected chi connectivity index (χ2v) is 18.1. The van der Waals surface area contributed by atoms with Gasteiger partial charge in [0.05, 0.1) is 5.56 Å². The Morgan fingerprint density at radius 3 is 1.99 bits per heavy atom. The standard InChI is InChI=1S/C59H51F2N4O.Pt/c1-8-14-40-23-24-62-57(28-40)65-53-18-10-9-15-47(53)48-22-21-45(34-56(48)65)66-46-30-42(41-26-38(6)25-39(7)27-41)29-44(33-46)63-35-64(55-20-12-11-19-54(55)63)59-49(36(2)3)31-43(32-50(59)37(4)5)58-51(60)16-13-17-52(58)61;/h9-13,15-32,35-37H,8,14H2,1-7H3;/q-3;. The zero-order chi connectivity index (χ0) is 45.8. The molecular formula is C59H51F2N4OPt-3. The second-order valence-electron chi connectivity index (χ2n) is 18.1. The van der Waals surface area contributed by atoms with Crippen molar-refractivity contribution in [1.29, 1.82) is 0 Å². The van der Waals surface area contributed by atoms with Crippen LogP contribution < -0.4 is 14.5 Å². The van der Waals surface area contributed by atoms with Gasteiger partial charge in [-0.15, -0.1) is 53.6 Å². The van der Waals surface area contributed by atoms with Gasteiger partial charge in [0, 0.05) is 61.3 Å². The van der Waals surface area contributed by atoms with Crippen LogP contribution in [0, 0.1) is 44.3 Å². The Labute approximate surface area is 407 Å². The van der Waals surface area contributed by atoms with E-state index in [1.54, 1.807) is 0 Å². The number of benzene rings is 7. The van der Waals surface area contributed by atoms with Crippen molar-refractivity contribution in [3.8, 4) is 39.6 Å². The van der Waals surface area contributed by atoms with Gasteiger partial charge in [-0.1, -0.05) is 112 Å². The normalized spacial score (nSPS) is 12.4. The van der Waals surface area contributed by atoms with Crippen LogP contribution in [0.4, 0.5) is 31.5 Å². The third kappa shape index (κ3) is 8.55. The molecule has 3 heterocycles. The number of anilines is 4. The summed E-state index contributed by atoms with van der Waals surface area (Å²) in [6.07, 6.45) is 3.90. The molecule has 0 saturated heterocycles. The number of fused-ring (bicyclic) bond motifs is 4. The van der Waals surface area contributed by atoms with E-state index in [2.05, 4.69) is 167 Å². The molecule has 2 aromatic heterocycles. The second kappa shape index (κ2) is 18.6. The maximum atomic E-state index is 15.4. The molecule has 1 aliphatic rings. The zero-order valence-corrected chi connectivity index (χ0v) is 41.0. The van der Waals surface area contributed by atoms with E-state index >= 15 is 8.78 Å². The molecule has 0 unspecified atom stereocenters. The van der Waals surface area contributed by atoms with Crippen molar-refractivity contribution in [3.63, 3.8) is 0 Å². The van der Waals surface area contributed by atoms with Gasteiger partial charge in [-0.3, -0.25) is 0 Å². The molecule has 340 valence electrons. The summed E-state index contributed by atoms with van der Waals surface area (Å²) in [7, 11) is 0. The fourth-order valence-electron chi connectivity index (χ4n) is 9.58. The van der Waals surface area contributed by atoms with E-state index in [4.69, 9.17) is 9.72 Å². The minimum absolute atomic E-state index is 0. The summed E-state index contributed by atoms with van der Waals surface area (Å²) in [6.45, 7) is 17.0. The first-order chi connectivity index (χ1) is 31.9. The molecule has 0 radical (unpaired) electrons. The summed E-state index contributed by atoms with van der Waals surface area (Å²) in [5.74, 6) is 0.835. The van der Waals surface area contributed by atoms with Gasteiger partial charge < -0.3 is 19.1 Å². The number of pyridine rings is 1. The Balaban J connectivity index is 0.00000562. The Kier molecular flexibility index (Phi) is 12.7. The van der Waals surface area contributed by atoms with Gasteiger partial charge in [-0.2, -0.15) is 6.07 Å². The molecule has 5 nitrogen and oxygen atoms in total. The average Bonchev–Trinajstić information content (AvgIpc) is 3.84. The van der Waals surface area contributed by atoms with Crippen LogP contribution in [0.15, 0.2) is 140 Å². The maximum Gasteiger partial charge on any atom is 0.135 e. The molecule has 1 aliphatic heterocycles. The maximum absolute atomic E-state index is 15.4. The quantitative estimate of drug-likeness (QED) is 0.121. The van der Waals surface area contributed by atoms with E-state index in [0.717, 1.165) is 96.6 Å². The Hall–Kier alpha value is -6.56. The SMILES string of the molecule is CCCc1ccnc(-n2c3[c-]c(Oc4[c-]c(N5[CH-]N(c6c(C(C)C)cc(-c7c(F)cccc7F)cc6C(C)C)c6ccccc65)cc(-c5cc(C)cc(C)c5)c4)ccc3c3ccccc32)c1.[Pt]. The largest absolute Gasteiger partial charge is 0.509 e. The number of hydrogen-bond acceptors (Lipinski definition) is 4. The number of para-hydroxylation sites is 3. The van der Waals surface area contributed by atoms with Gasteiger partial charge in [-0.25, -0.2) is 13.8 Å². The smallest absolute Gasteiger partial charge is 0.135 e. The van der Waals surface area contributed by atoms with Gasteiger partial charge in [0.15, 0.2) is 0 Å². The monoisotopic (exact) mass is 1060 g/mol. The van der Waals surface area contributed by atoms with Crippen molar-refractivity contribution in [2.75, 3.05) is 9.80 Å². The molecule has 0 atom stereocenters. The van der Waals surface area contributed by atoms with Crippen molar-refractivity contribution in [3.05, 3.63) is 198 Å². The van der Waals surface area contributed by atoms with Crippen LogP contribution in [0.5, 0.6) is 11.5 Å². The number of aromatic nitrogens is 2. The minimum atomic E-state index is -0.581. The Morgan fingerprint density at radius 1 is 0.642 bits per heavy atom. The fraction of sp³-hybridized carbons (Fsp3) is 0.186. The minimum Gasteiger partial charge on any atom is -0.509 e. The first-order valence-corrected chi connectivity index (χ1v) is 22.8. The van der Waals surface area contributed by atoms with Crippen LogP contribution in [0.25, 0.3) is 49.9 Å². The third-order valence-electron chi connectivity index (χ3n) is 12.5. The molecule has 0 N–H and O–H groups in total. The summed E-state index contributed by atoms with van der Waals surface area (Å²) in [5, 5.41) is 2.18. The van der Waals surface area contributed by atoms with E-state index in [-0.39, 0.29) is 38.5 Å². The molecular weight excluding hydrogens is 1010 g/mol. The predicted molar refractivity (Wildman–Crippen MR) is 267 cm³/mol. The molecule has 0 saturated carbocycles. The molecule has 8 heteroatoms. The van der Waals surface area contributed by atoms with Crippen molar-refractivity contribution < 1.29 is 34.6 Å². The molecule has 67 heavy (non-hydrogen) atoms. The van der Waals surface area contributed by atoms with Crippen LogP contribution in [-0.2, 0) is 27.5 Å². The third-order valence-corrected chi connectivity index (χ3v) is 12.5. The van der Waals surface area contributed by atoms with E-state index in [1.807, 2.05) is 36.5 Å². The molecule has 10 rings (SSSR count). The molecule has 9 aromatic rings. The van der Waals surface area contributed by atoms with Crippen LogP contribution in [0.1, 0.15) is 80.7 Å². The Bertz CT molecular complexity index is 3250. The first-order valence-electron chi connectivity index (χ1n) is 22.8. The van der Waals surface area contributed by atoms with Crippen molar-refractivity contribution in [2.45, 2.75) is 73.1 Å². The van der Waals surface area contributed by atoms with E-state index in [0.29, 0.717) is 17.1 Å². The van der Waals surface area contributed by atoms with E-state index in [9.17, 15) is 0 Å². The van der Waals surface area contributed by atoms with Crippen LogP contribution in [0.3, 0.4) is 0 Å². The van der Waals surface area contributed by atoms with Crippen LogP contribution in [-0.4, -0.2) is 9.55 Å². The van der Waals surface area contributed by atoms with Gasteiger partial charge in [0.2, 0.25) is 0 Å². The number of halogens is 2. The van der Waals surface area contributed by atoms with Gasteiger partial charge in [-0.05, 0) is 120 Å². The molecule has 0 spiro atoms. The number of ether oxygens (including phenoxy) is 1. The predicted octanol–water partition coefficient (Wildman–Crippen LogP) is 16.4. The summed E-state index contributed by atoms with van der Waals surface area (Å²) < 4.78 is 39.8. The molecule has 0 fully saturated rings. The topological polar surface area (TPSA) is 33.5 Å². The van der Waals surface area contributed by atoms with Crippen LogP contribution >= 0.6 is 0 Å². The molecule has 7 aromatic carbocycles. The summed E-state index contributed by atoms with van der Waals surface area (Å²) >= 11 is 0. The Morgan fingerprint density at radius 2 is 1.30 bits per heavy atom. The molecule has 0 aliphatic carbocycles. The summed E-state index contributed by atoms with van der Waals surface area (Å²) in [5.41, 5.74) is 13.7. The average molecular weight is 1070 g/mol. The van der Waals surface area contributed by atoms with Crippen molar-refractivity contribution in [1.82, 2.24) is 9.55 Å². The number of aryl methyl sites for hydroxylation is 3. The fourth-order valence-corrected chi connectivity index (χ4v) is 9.58. The molecule has 0 amide bonds. The molecule has 0 bridgehead atoms. The number of nitrogens with zero attached hydrogens (tertiary/aromatic N) is 4. The van der Waals surface area contributed by atoms with Crippen LogP contribution in [0.2, 0.25) is 0 Å². The summed E-state index contributed by atoms with van der Waals surface area (Å²) in [4.78, 5) is 9.23. The number of rotatable bonds is 11. The zero-order valence-electron chi connectivity index (χ0n) is 38.7. The number of hydrogen-bond donors (Lipinski definition) is 0. The van der Waals surface area contributed by atoms with E-state index < -0.39 is 11.6 Å². The van der Waals surface area contributed by atoms with Gasteiger partial charge in [0.25, 0.3) is 0 Å². The van der Waals surface area contributed by atoms with Crippen molar-refractivity contribution in [2.24, 2.45) is 0 Å². The summed E-state index contributed by atoms with van der Waals surface area (Å²) in [6, 6.07) is 51.1. The van der Waals surface area contributed by atoms with Crippen molar-refractivity contribution >= 4 is 44.6 Å². The van der Waals surface area contributed by atoms with E-state index in [1.165, 1.54) is 23.8 Å².